The van der Waals surface area contributed by atoms with Crippen LogP contribution in [0.4, 0.5) is 5.69 Å². The predicted octanol–water partition coefficient (Wildman–Crippen LogP) is 0.794. The molecule has 0 saturated heterocycles. The largest absolute Gasteiger partial charge is 0.395 e. The number of hydrogen-bond donors (Lipinski definition) is 2. The van der Waals surface area contributed by atoms with Gasteiger partial charge in [0, 0.05) is 25.3 Å². The Kier molecular flexibility index (Phi) is 4.92. The van der Waals surface area contributed by atoms with Gasteiger partial charge in [-0.3, -0.25) is 9.79 Å². The number of nitrogens with zero attached hydrogens (tertiary/aromatic N) is 2. The van der Waals surface area contributed by atoms with E-state index < -0.39 is 0 Å². The Bertz CT molecular complexity index is 445. The van der Waals surface area contributed by atoms with Crippen molar-refractivity contribution in [2.75, 3.05) is 31.1 Å². The molecule has 1 aliphatic heterocycles. The molecule has 2 rings (SSSR count). The minimum Gasteiger partial charge on any atom is -0.395 e. The van der Waals surface area contributed by atoms with Gasteiger partial charge < -0.3 is 15.3 Å². The average molecular weight is 261 g/mol. The molecule has 0 bridgehead atoms. The molecule has 0 fully saturated rings. The minimum atomic E-state index is -0.179. The van der Waals surface area contributed by atoms with Gasteiger partial charge in [-0.25, -0.2) is 0 Å². The summed E-state index contributed by atoms with van der Waals surface area (Å²) < 4.78 is 0. The van der Waals surface area contributed by atoms with Crippen molar-refractivity contribution in [2.45, 2.75) is 12.8 Å². The highest BCUT2D eigenvalue weighted by Crippen LogP contribution is 2.13. The number of aliphatic hydroxyl groups excluding tert-OH is 1. The van der Waals surface area contributed by atoms with E-state index in [1.165, 1.54) is 0 Å². The maximum absolute atomic E-state index is 12.5. The molecular weight excluding hydrogens is 242 g/mol. The van der Waals surface area contributed by atoms with Crippen molar-refractivity contribution in [3.63, 3.8) is 0 Å². The van der Waals surface area contributed by atoms with Gasteiger partial charge in [-0.1, -0.05) is 18.2 Å². The lowest BCUT2D eigenvalue weighted by Gasteiger charge is -2.22. The van der Waals surface area contributed by atoms with E-state index in [0.29, 0.717) is 12.4 Å². The molecule has 0 saturated carbocycles. The van der Waals surface area contributed by atoms with Gasteiger partial charge in [0.25, 0.3) is 5.91 Å². The van der Waals surface area contributed by atoms with Crippen LogP contribution in [0.3, 0.4) is 0 Å². The zero-order chi connectivity index (χ0) is 13.5. The number of anilines is 1. The van der Waals surface area contributed by atoms with Crippen LogP contribution >= 0.6 is 0 Å². The quantitative estimate of drug-likeness (QED) is 0.842. The van der Waals surface area contributed by atoms with Crippen molar-refractivity contribution >= 4 is 17.4 Å². The number of rotatable bonds is 4. The second-order valence-corrected chi connectivity index (χ2v) is 4.38. The summed E-state index contributed by atoms with van der Waals surface area (Å²) in [6.45, 7) is 1.64. The first-order chi connectivity index (χ1) is 9.33. The Labute approximate surface area is 113 Å². The molecule has 0 spiro atoms. The van der Waals surface area contributed by atoms with Crippen LogP contribution < -0.4 is 10.2 Å². The second kappa shape index (κ2) is 6.89. The van der Waals surface area contributed by atoms with E-state index in [1.54, 1.807) is 4.90 Å². The zero-order valence-electron chi connectivity index (χ0n) is 10.9. The first kappa shape index (κ1) is 13.5. The normalized spacial score (nSPS) is 15.1. The molecule has 0 unspecified atom stereocenters. The van der Waals surface area contributed by atoms with Crippen LogP contribution in [-0.4, -0.2) is 43.1 Å². The summed E-state index contributed by atoms with van der Waals surface area (Å²) in [7, 11) is 0. The Morgan fingerprint density at radius 3 is 2.84 bits per heavy atom. The maximum Gasteiger partial charge on any atom is 0.293 e. The van der Waals surface area contributed by atoms with Crippen LogP contribution in [0.15, 0.2) is 35.3 Å². The molecule has 1 aliphatic rings. The minimum absolute atomic E-state index is 0.0755. The fraction of sp³-hybridized carbons (Fsp3) is 0.429. The van der Waals surface area contributed by atoms with Gasteiger partial charge in [-0.15, -0.1) is 0 Å². The van der Waals surface area contributed by atoms with Crippen LogP contribution in [0.25, 0.3) is 0 Å². The van der Waals surface area contributed by atoms with Gasteiger partial charge in [-0.05, 0) is 25.0 Å². The van der Waals surface area contributed by atoms with Crippen LogP contribution in [0.2, 0.25) is 0 Å². The standard InChI is InChI=1S/C14H19N3O2/c18-11-10-17(12-6-2-1-3-7-12)14(19)13-15-8-4-5-9-16-13/h1-3,6-7,18H,4-5,8-11H2,(H,15,16). The fourth-order valence-corrected chi connectivity index (χ4v) is 2.02. The molecule has 5 heteroatoms. The number of carbonyl (C=O) groups excluding carboxylic acids is 1. The highest BCUT2D eigenvalue weighted by Gasteiger charge is 2.21. The SMILES string of the molecule is O=C(C1=NCCCCN1)N(CCO)c1ccccc1. The summed E-state index contributed by atoms with van der Waals surface area (Å²) >= 11 is 0. The first-order valence-electron chi connectivity index (χ1n) is 6.59. The van der Waals surface area contributed by atoms with Gasteiger partial charge in [0.15, 0.2) is 5.84 Å². The average Bonchev–Trinajstić information content (AvgIpc) is 2.74. The van der Waals surface area contributed by atoms with E-state index >= 15 is 0 Å². The van der Waals surface area contributed by atoms with E-state index in [9.17, 15) is 4.79 Å². The van der Waals surface area contributed by atoms with Crippen LogP contribution in [0, 0.1) is 0 Å². The zero-order valence-corrected chi connectivity index (χ0v) is 10.9. The summed E-state index contributed by atoms with van der Waals surface area (Å²) in [5, 5.41) is 12.2. The van der Waals surface area contributed by atoms with E-state index in [4.69, 9.17) is 5.11 Å². The molecule has 0 atom stereocenters. The van der Waals surface area contributed by atoms with Crippen molar-refractivity contribution in [3.8, 4) is 0 Å². The molecule has 5 nitrogen and oxygen atoms in total. The smallest absolute Gasteiger partial charge is 0.293 e. The Morgan fingerprint density at radius 1 is 1.32 bits per heavy atom. The van der Waals surface area contributed by atoms with Crippen molar-refractivity contribution in [2.24, 2.45) is 4.99 Å². The molecule has 1 aromatic rings. The highest BCUT2D eigenvalue weighted by molar-refractivity contribution is 6.42. The van der Waals surface area contributed by atoms with Gasteiger partial charge in [0.05, 0.1) is 6.61 Å². The van der Waals surface area contributed by atoms with Crippen LogP contribution in [0.5, 0.6) is 0 Å². The summed E-state index contributed by atoms with van der Waals surface area (Å²) in [5.41, 5.74) is 0.773. The Morgan fingerprint density at radius 2 is 2.11 bits per heavy atom. The maximum atomic E-state index is 12.5. The van der Waals surface area contributed by atoms with E-state index in [0.717, 1.165) is 25.1 Å². The summed E-state index contributed by atoms with van der Waals surface area (Å²) in [6.07, 6.45) is 2.01. The third-order valence-corrected chi connectivity index (χ3v) is 2.99. The third-order valence-electron chi connectivity index (χ3n) is 2.99. The number of benzene rings is 1. The van der Waals surface area contributed by atoms with E-state index in [1.807, 2.05) is 30.3 Å². The van der Waals surface area contributed by atoms with Gasteiger partial charge >= 0.3 is 0 Å². The van der Waals surface area contributed by atoms with E-state index in [-0.39, 0.29) is 19.1 Å². The number of hydrogen-bond acceptors (Lipinski definition) is 4. The summed E-state index contributed by atoms with van der Waals surface area (Å²) in [5.74, 6) is 0.219. The molecule has 1 heterocycles. The molecule has 0 radical (unpaired) electrons. The van der Waals surface area contributed by atoms with E-state index in [2.05, 4.69) is 10.3 Å². The van der Waals surface area contributed by atoms with Gasteiger partial charge in [-0.2, -0.15) is 0 Å². The second-order valence-electron chi connectivity index (χ2n) is 4.38. The van der Waals surface area contributed by atoms with Gasteiger partial charge in [0.1, 0.15) is 0 Å². The molecule has 2 N–H and O–H groups in total. The summed E-state index contributed by atoms with van der Waals surface area (Å²) in [4.78, 5) is 18.3. The third kappa shape index (κ3) is 3.54. The first-order valence-corrected chi connectivity index (χ1v) is 6.59. The molecular formula is C14H19N3O2. The number of carbonyl (C=O) groups is 1. The monoisotopic (exact) mass is 261 g/mol. The molecule has 1 amide bonds. The number of nitrogens with one attached hydrogen (secondary N) is 1. The number of amidine groups is 1. The molecule has 1 aromatic carbocycles. The highest BCUT2D eigenvalue weighted by atomic mass is 16.3. The van der Waals surface area contributed by atoms with Crippen LogP contribution in [-0.2, 0) is 4.79 Å². The predicted molar refractivity (Wildman–Crippen MR) is 75.4 cm³/mol. The van der Waals surface area contributed by atoms with Crippen molar-refractivity contribution < 1.29 is 9.90 Å². The topological polar surface area (TPSA) is 64.9 Å². The lowest BCUT2D eigenvalue weighted by atomic mass is 10.2. The molecule has 19 heavy (non-hydrogen) atoms. The lowest BCUT2D eigenvalue weighted by molar-refractivity contribution is -0.112. The van der Waals surface area contributed by atoms with Crippen molar-refractivity contribution in [1.82, 2.24) is 5.32 Å². The van der Waals surface area contributed by atoms with Gasteiger partial charge in [0.2, 0.25) is 0 Å². The molecule has 0 aromatic heterocycles. The lowest BCUT2D eigenvalue weighted by Crippen LogP contribution is -2.44. The fourth-order valence-electron chi connectivity index (χ4n) is 2.02. The molecule has 102 valence electrons. The van der Waals surface area contributed by atoms with Crippen molar-refractivity contribution in [3.05, 3.63) is 30.3 Å². The Balaban J connectivity index is 2.19. The summed E-state index contributed by atoms with van der Waals surface area (Å²) in [6, 6.07) is 9.34. The molecule has 0 aliphatic carbocycles. The van der Waals surface area contributed by atoms with Crippen LogP contribution in [0.1, 0.15) is 12.8 Å². The Hall–Kier alpha value is -1.88. The number of amides is 1. The van der Waals surface area contributed by atoms with Crippen molar-refractivity contribution in [1.29, 1.82) is 0 Å². The number of aliphatic imine (C=N–C) groups is 1. The number of aliphatic hydroxyl groups is 1. The number of para-hydroxylation sites is 1.